The van der Waals surface area contributed by atoms with Crippen molar-refractivity contribution >= 4 is 5.97 Å². The Bertz CT molecular complexity index is 288. The van der Waals surface area contributed by atoms with Crippen LogP contribution in [0.3, 0.4) is 0 Å². The molecule has 4 heteroatoms. The van der Waals surface area contributed by atoms with Crippen LogP contribution in [-0.2, 0) is 9.53 Å². The Hall–Kier alpha value is -1.34. The predicted molar refractivity (Wildman–Crippen MR) is 46.8 cm³/mol. The van der Waals surface area contributed by atoms with E-state index in [4.69, 9.17) is 5.26 Å². The average molecular weight is 180 g/mol. The number of nitrogens with zero attached hydrogens (tertiary/aromatic N) is 2. The first-order chi connectivity index (χ1) is 6.19. The highest BCUT2D eigenvalue weighted by Gasteiger charge is 2.21. The summed E-state index contributed by atoms with van der Waals surface area (Å²) in [6.45, 7) is 1.59. The number of methoxy groups -OCH3 is 1. The molecule has 0 amide bonds. The minimum atomic E-state index is -0.521. The van der Waals surface area contributed by atoms with E-state index in [1.807, 2.05) is 13.1 Å². The molecule has 1 saturated heterocycles. The highest BCUT2D eigenvalue weighted by molar-refractivity contribution is 5.93. The lowest BCUT2D eigenvalue weighted by Gasteiger charge is -2.03. The largest absolute Gasteiger partial charge is 0.465 e. The quantitative estimate of drug-likeness (QED) is 0.331. The number of hydrogen-bond donors (Lipinski definition) is 0. The highest BCUT2D eigenvalue weighted by atomic mass is 16.5. The number of nitriles is 1. The molecule has 0 bridgehead atoms. The summed E-state index contributed by atoms with van der Waals surface area (Å²) in [5, 5.41) is 8.75. The Morgan fingerprint density at radius 2 is 2.38 bits per heavy atom. The molecule has 1 aliphatic rings. The van der Waals surface area contributed by atoms with E-state index in [0.29, 0.717) is 6.54 Å². The van der Waals surface area contributed by atoms with Gasteiger partial charge in [-0.1, -0.05) is 0 Å². The topological polar surface area (TPSA) is 53.3 Å². The van der Waals surface area contributed by atoms with Crippen LogP contribution in [0.2, 0.25) is 0 Å². The molecular weight excluding hydrogens is 168 g/mol. The maximum absolute atomic E-state index is 11.1. The zero-order valence-electron chi connectivity index (χ0n) is 7.83. The van der Waals surface area contributed by atoms with E-state index in [-0.39, 0.29) is 5.57 Å². The fraction of sp³-hybridized carbons (Fsp3) is 0.556. The summed E-state index contributed by atoms with van der Waals surface area (Å²) in [6, 6.07) is 1.89. The third-order valence-electron chi connectivity index (χ3n) is 2.11. The molecule has 13 heavy (non-hydrogen) atoms. The van der Waals surface area contributed by atoms with E-state index in [1.54, 1.807) is 0 Å². The Morgan fingerprint density at radius 1 is 1.69 bits per heavy atom. The smallest absolute Gasteiger partial charge is 0.348 e. The second-order valence-electron chi connectivity index (χ2n) is 3.07. The van der Waals surface area contributed by atoms with Crippen molar-refractivity contribution in [2.45, 2.75) is 6.42 Å². The number of rotatable bonds is 1. The zero-order valence-corrected chi connectivity index (χ0v) is 7.83. The first-order valence-corrected chi connectivity index (χ1v) is 4.08. The molecule has 0 N–H and O–H groups in total. The number of hydrogen-bond acceptors (Lipinski definition) is 4. The van der Waals surface area contributed by atoms with Crippen molar-refractivity contribution in [3.05, 3.63) is 11.1 Å². The molecule has 1 fully saturated rings. The molecule has 0 spiro atoms. The highest BCUT2D eigenvalue weighted by Crippen LogP contribution is 2.17. The van der Waals surface area contributed by atoms with Crippen molar-refractivity contribution in [1.29, 1.82) is 5.26 Å². The molecule has 1 heterocycles. The van der Waals surface area contributed by atoms with Crippen molar-refractivity contribution in [2.24, 2.45) is 0 Å². The van der Waals surface area contributed by atoms with Crippen LogP contribution in [0.4, 0.5) is 0 Å². The van der Waals surface area contributed by atoms with Crippen molar-refractivity contribution in [3.8, 4) is 6.07 Å². The van der Waals surface area contributed by atoms with E-state index in [2.05, 4.69) is 9.64 Å². The molecule has 0 saturated carbocycles. The Balaban J connectivity index is 2.88. The van der Waals surface area contributed by atoms with Crippen LogP contribution in [0, 0.1) is 11.3 Å². The van der Waals surface area contributed by atoms with Gasteiger partial charge in [-0.05, 0) is 19.0 Å². The Morgan fingerprint density at radius 3 is 2.77 bits per heavy atom. The van der Waals surface area contributed by atoms with Gasteiger partial charge < -0.3 is 9.64 Å². The molecule has 0 aromatic carbocycles. The molecule has 1 rings (SSSR count). The standard InChI is InChI=1S/C9H12N2O2/c1-11-4-3-7(6-11)8(5-10)9(12)13-2/h3-4,6H2,1-2H3/b8-7+. The Labute approximate surface area is 77.4 Å². The van der Waals surface area contributed by atoms with Crippen LogP contribution in [0.15, 0.2) is 11.1 Å². The van der Waals surface area contributed by atoms with Crippen LogP contribution in [0.25, 0.3) is 0 Å². The third-order valence-corrected chi connectivity index (χ3v) is 2.11. The van der Waals surface area contributed by atoms with Crippen molar-refractivity contribution < 1.29 is 9.53 Å². The maximum Gasteiger partial charge on any atom is 0.348 e. The summed E-state index contributed by atoms with van der Waals surface area (Å²) in [7, 11) is 3.25. The van der Waals surface area contributed by atoms with E-state index in [1.165, 1.54) is 7.11 Å². The van der Waals surface area contributed by atoms with Crippen molar-refractivity contribution in [2.75, 3.05) is 27.2 Å². The minimum absolute atomic E-state index is 0.173. The molecular formula is C9H12N2O2. The average Bonchev–Trinajstić information content (AvgIpc) is 2.53. The van der Waals surface area contributed by atoms with Gasteiger partial charge in [0.15, 0.2) is 0 Å². The molecule has 0 aliphatic carbocycles. The van der Waals surface area contributed by atoms with E-state index >= 15 is 0 Å². The normalized spacial score (nSPS) is 21.0. The van der Waals surface area contributed by atoms with Gasteiger partial charge in [-0.25, -0.2) is 4.79 Å². The van der Waals surface area contributed by atoms with Crippen LogP contribution in [-0.4, -0.2) is 38.1 Å². The number of ether oxygens (including phenoxy) is 1. The van der Waals surface area contributed by atoms with Crippen LogP contribution >= 0.6 is 0 Å². The summed E-state index contributed by atoms with van der Waals surface area (Å²) >= 11 is 0. The lowest BCUT2D eigenvalue weighted by atomic mass is 10.1. The summed E-state index contributed by atoms with van der Waals surface area (Å²) in [5.41, 5.74) is 1.06. The lowest BCUT2D eigenvalue weighted by molar-refractivity contribution is -0.135. The van der Waals surface area contributed by atoms with E-state index < -0.39 is 5.97 Å². The molecule has 0 aromatic rings. The van der Waals surface area contributed by atoms with Gasteiger partial charge in [0.05, 0.1) is 7.11 Å². The molecule has 0 radical (unpaired) electrons. The molecule has 0 atom stereocenters. The van der Waals surface area contributed by atoms with Gasteiger partial charge in [0.2, 0.25) is 0 Å². The van der Waals surface area contributed by atoms with Gasteiger partial charge in [0.25, 0.3) is 0 Å². The predicted octanol–water partition coefficient (Wildman–Crippen LogP) is 0.315. The second-order valence-corrected chi connectivity index (χ2v) is 3.07. The molecule has 0 aromatic heterocycles. The number of carbonyl (C=O) groups excluding carboxylic acids is 1. The second kappa shape index (κ2) is 4.06. The van der Waals surface area contributed by atoms with Gasteiger partial charge in [0.1, 0.15) is 11.6 Å². The monoisotopic (exact) mass is 180 g/mol. The first-order valence-electron chi connectivity index (χ1n) is 4.08. The fourth-order valence-corrected chi connectivity index (χ4v) is 1.38. The van der Waals surface area contributed by atoms with Crippen LogP contribution < -0.4 is 0 Å². The van der Waals surface area contributed by atoms with Crippen LogP contribution in [0.5, 0.6) is 0 Å². The molecule has 70 valence electrons. The van der Waals surface area contributed by atoms with E-state index in [9.17, 15) is 4.79 Å². The summed E-state index contributed by atoms with van der Waals surface area (Å²) in [6.07, 6.45) is 0.786. The zero-order chi connectivity index (χ0) is 9.84. The number of carbonyl (C=O) groups is 1. The van der Waals surface area contributed by atoms with Gasteiger partial charge >= 0.3 is 5.97 Å². The molecule has 0 unspecified atom stereocenters. The summed E-state index contributed by atoms with van der Waals surface area (Å²) in [5.74, 6) is -0.521. The van der Waals surface area contributed by atoms with Crippen LogP contribution in [0.1, 0.15) is 6.42 Å². The fourth-order valence-electron chi connectivity index (χ4n) is 1.38. The SMILES string of the molecule is COC(=O)/C(C#N)=C1\CCN(C)C1. The van der Waals surface area contributed by atoms with Gasteiger partial charge in [0, 0.05) is 13.1 Å². The number of likely N-dealkylation sites (tertiary alicyclic amines) is 1. The molecule has 4 nitrogen and oxygen atoms in total. The number of likely N-dealkylation sites (N-methyl/N-ethyl adjacent to an activating group) is 1. The van der Waals surface area contributed by atoms with Crippen molar-refractivity contribution in [1.82, 2.24) is 4.90 Å². The molecule has 1 aliphatic heterocycles. The minimum Gasteiger partial charge on any atom is -0.465 e. The lowest BCUT2D eigenvalue weighted by Crippen LogP contribution is -2.13. The Kier molecular flexibility index (Phi) is 3.04. The van der Waals surface area contributed by atoms with Gasteiger partial charge in [-0.2, -0.15) is 5.26 Å². The number of esters is 1. The summed E-state index contributed by atoms with van der Waals surface area (Å²) in [4.78, 5) is 13.2. The van der Waals surface area contributed by atoms with Gasteiger partial charge in [-0.3, -0.25) is 0 Å². The van der Waals surface area contributed by atoms with Gasteiger partial charge in [-0.15, -0.1) is 0 Å². The first kappa shape index (κ1) is 9.75. The third kappa shape index (κ3) is 2.07. The summed E-state index contributed by atoms with van der Waals surface area (Å²) < 4.78 is 4.51. The van der Waals surface area contributed by atoms with E-state index in [0.717, 1.165) is 18.5 Å². The maximum atomic E-state index is 11.1. The van der Waals surface area contributed by atoms with Crippen molar-refractivity contribution in [3.63, 3.8) is 0 Å².